The molecule has 8 heteroatoms. The summed E-state index contributed by atoms with van der Waals surface area (Å²) >= 11 is 7.17. The smallest absolute Gasteiger partial charge is 0.389 e. The summed E-state index contributed by atoms with van der Waals surface area (Å²) in [5.41, 5.74) is 0.942. The number of nitrogens with one attached hydrogen (secondary N) is 1. The molecule has 0 aliphatic rings. The number of aromatic nitrogens is 1. The van der Waals surface area contributed by atoms with Crippen LogP contribution in [-0.2, 0) is 4.74 Å². The van der Waals surface area contributed by atoms with Crippen molar-refractivity contribution in [3.05, 3.63) is 28.9 Å². The molecule has 0 bridgehead atoms. The Balaban J connectivity index is 2.25. The molecule has 0 saturated carbocycles. The van der Waals surface area contributed by atoms with Gasteiger partial charge in [0.1, 0.15) is 5.69 Å². The number of aromatic amines is 1. The van der Waals surface area contributed by atoms with E-state index in [0.29, 0.717) is 20.8 Å². The second-order valence-electron chi connectivity index (χ2n) is 4.81. The molecule has 1 aromatic carbocycles. The SMILES string of the molecule is CCOC(=O)c1[nH]c2ccc(Cl)cc2c1SCCCC(F)(F)F. The molecular formula is C15H15ClF3NO2S. The Morgan fingerprint density at radius 2 is 2.13 bits per heavy atom. The number of carbonyl (C=O) groups is 1. The fourth-order valence-corrected chi connectivity index (χ4v) is 3.35. The van der Waals surface area contributed by atoms with Gasteiger partial charge in [-0.3, -0.25) is 0 Å². The van der Waals surface area contributed by atoms with Gasteiger partial charge < -0.3 is 9.72 Å². The van der Waals surface area contributed by atoms with E-state index in [9.17, 15) is 18.0 Å². The summed E-state index contributed by atoms with van der Waals surface area (Å²) < 4.78 is 41.7. The molecule has 3 nitrogen and oxygen atoms in total. The van der Waals surface area contributed by atoms with Crippen LogP contribution >= 0.6 is 23.4 Å². The number of alkyl halides is 3. The third-order valence-electron chi connectivity index (χ3n) is 3.04. The van der Waals surface area contributed by atoms with Crippen molar-refractivity contribution in [2.24, 2.45) is 0 Å². The molecule has 0 saturated heterocycles. The van der Waals surface area contributed by atoms with Crippen LogP contribution in [0.1, 0.15) is 30.3 Å². The Hall–Kier alpha value is -1.34. The lowest BCUT2D eigenvalue weighted by atomic mass is 10.2. The summed E-state index contributed by atoms with van der Waals surface area (Å²) in [4.78, 5) is 15.6. The largest absolute Gasteiger partial charge is 0.461 e. The zero-order valence-corrected chi connectivity index (χ0v) is 13.9. The normalized spacial score (nSPS) is 11.9. The molecule has 1 N–H and O–H groups in total. The van der Waals surface area contributed by atoms with Gasteiger partial charge in [0.05, 0.1) is 6.61 Å². The molecule has 0 fully saturated rings. The maximum Gasteiger partial charge on any atom is 0.389 e. The third kappa shape index (κ3) is 4.81. The van der Waals surface area contributed by atoms with E-state index in [-0.39, 0.29) is 24.5 Å². The Morgan fingerprint density at radius 3 is 2.78 bits per heavy atom. The van der Waals surface area contributed by atoms with Crippen molar-refractivity contribution in [3.8, 4) is 0 Å². The van der Waals surface area contributed by atoms with Gasteiger partial charge in [-0.2, -0.15) is 13.2 Å². The Bertz CT molecular complexity index is 700. The molecule has 126 valence electrons. The number of H-pyrrole nitrogens is 1. The average molecular weight is 366 g/mol. The molecule has 0 atom stereocenters. The summed E-state index contributed by atoms with van der Waals surface area (Å²) in [7, 11) is 0. The molecular weight excluding hydrogens is 351 g/mol. The topological polar surface area (TPSA) is 42.1 Å². The standard InChI is InChI=1S/C15H15ClF3NO2S/c1-2-22-14(21)12-13(23-7-3-6-15(17,18)19)10-8-9(16)4-5-11(10)20-12/h4-5,8,20H,2-3,6-7H2,1H3. The predicted octanol–water partition coefficient (Wildman–Crippen LogP) is 5.43. The second kappa shape index (κ2) is 7.49. The van der Waals surface area contributed by atoms with Gasteiger partial charge in [0.25, 0.3) is 0 Å². The first-order chi connectivity index (χ1) is 10.8. The quantitative estimate of drug-likeness (QED) is 0.421. The van der Waals surface area contributed by atoms with E-state index in [1.54, 1.807) is 25.1 Å². The van der Waals surface area contributed by atoms with Gasteiger partial charge in [0.15, 0.2) is 0 Å². The average Bonchev–Trinajstić information content (AvgIpc) is 2.81. The monoisotopic (exact) mass is 365 g/mol. The van der Waals surface area contributed by atoms with Crippen LogP contribution in [0.3, 0.4) is 0 Å². The van der Waals surface area contributed by atoms with E-state index < -0.39 is 18.6 Å². The van der Waals surface area contributed by atoms with Gasteiger partial charge in [-0.25, -0.2) is 4.79 Å². The van der Waals surface area contributed by atoms with Crippen molar-refractivity contribution in [3.63, 3.8) is 0 Å². The molecule has 2 aromatic rings. The highest BCUT2D eigenvalue weighted by atomic mass is 35.5. The highest BCUT2D eigenvalue weighted by Crippen LogP contribution is 2.35. The van der Waals surface area contributed by atoms with Crippen molar-refractivity contribution in [1.29, 1.82) is 0 Å². The van der Waals surface area contributed by atoms with Crippen molar-refractivity contribution in [1.82, 2.24) is 4.98 Å². The molecule has 0 unspecified atom stereocenters. The third-order valence-corrected chi connectivity index (χ3v) is 4.48. The first-order valence-corrected chi connectivity index (χ1v) is 8.36. The summed E-state index contributed by atoms with van der Waals surface area (Å²) in [6.07, 6.45) is -5.05. The van der Waals surface area contributed by atoms with Crippen LogP contribution in [-0.4, -0.2) is 29.5 Å². The van der Waals surface area contributed by atoms with E-state index in [1.807, 2.05) is 0 Å². The number of benzene rings is 1. The van der Waals surface area contributed by atoms with Crippen LogP contribution in [0.5, 0.6) is 0 Å². The Morgan fingerprint density at radius 1 is 1.39 bits per heavy atom. The number of ether oxygens (including phenoxy) is 1. The molecule has 0 aliphatic carbocycles. The first kappa shape index (κ1) is 18.0. The number of rotatable bonds is 6. The highest BCUT2D eigenvalue weighted by Gasteiger charge is 2.26. The van der Waals surface area contributed by atoms with Crippen molar-refractivity contribution < 1.29 is 22.7 Å². The lowest BCUT2D eigenvalue weighted by Crippen LogP contribution is -2.08. The van der Waals surface area contributed by atoms with Gasteiger partial charge in [-0.05, 0) is 37.3 Å². The minimum absolute atomic E-state index is 0.0241. The van der Waals surface area contributed by atoms with Crippen LogP contribution < -0.4 is 0 Å². The van der Waals surface area contributed by atoms with Crippen LogP contribution in [0.2, 0.25) is 5.02 Å². The van der Waals surface area contributed by atoms with E-state index in [1.165, 1.54) is 11.8 Å². The molecule has 1 heterocycles. The molecule has 0 amide bonds. The van der Waals surface area contributed by atoms with E-state index in [2.05, 4.69) is 4.98 Å². The molecule has 0 radical (unpaired) electrons. The second-order valence-corrected chi connectivity index (χ2v) is 6.35. The number of esters is 1. The van der Waals surface area contributed by atoms with Gasteiger partial charge in [0, 0.05) is 27.2 Å². The zero-order valence-electron chi connectivity index (χ0n) is 12.3. The van der Waals surface area contributed by atoms with Crippen molar-refractivity contribution in [2.75, 3.05) is 12.4 Å². The number of halogens is 4. The van der Waals surface area contributed by atoms with Gasteiger partial charge >= 0.3 is 12.1 Å². The lowest BCUT2D eigenvalue weighted by molar-refractivity contribution is -0.134. The van der Waals surface area contributed by atoms with E-state index in [0.717, 1.165) is 0 Å². The number of hydrogen-bond donors (Lipinski definition) is 1. The van der Waals surface area contributed by atoms with Gasteiger partial charge in [0.2, 0.25) is 0 Å². The van der Waals surface area contributed by atoms with Crippen LogP contribution in [0.25, 0.3) is 10.9 Å². The Labute approximate surface area is 140 Å². The number of carbonyl (C=O) groups excluding carboxylic acids is 1. The summed E-state index contributed by atoms with van der Waals surface area (Å²) in [5, 5.41) is 1.20. The first-order valence-electron chi connectivity index (χ1n) is 6.99. The molecule has 2 rings (SSSR count). The predicted molar refractivity (Wildman–Crippen MR) is 85.3 cm³/mol. The molecule has 23 heavy (non-hydrogen) atoms. The zero-order chi connectivity index (χ0) is 17.0. The van der Waals surface area contributed by atoms with Crippen LogP contribution in [0, 0.1) is 0 Å². The molecule has 0 spiro atoms. The summed E-state index contributed by atoms with van der Waals surface area (Å²) in [6.45, 7) is 1.90. The number of fused-ring (bicyclic) bond motifs is 1. The van der Waals surface area contributed by atoms with E-state index in [4.69, 9.17) is 16.3 Å². The number of hydrogen-bond acceptors (Lipinski definition) is 3. The summed E-state index contributed by atoms with van der Waals surface area (Å²) in [6, 6.07) is 5.08. The minimum atomic E-state index is -4.17. The number of thioether (sulfide) groups is 1. The lowest BCUT2D eigenvalue weighted by Gasteiger charge is -2.07. The van der Waals surface area contributed by atoms with Gasteiger partial charge in [-0.1, -0.05) is 11.6 Å². The molecule has 0 aliphatic heterocycles. The fraction of sp³-hybridized carbons (Fsp3) is 0.400. The maximum absolute atomic E-state index is 12.2. The van der Waals surface area contributed by atoms with Crippen molar-refractivity contribution in [2.45, 2.75) is 30.8 Å². The van der Waals surface area contributed by atoms with Crippen molar-refractivity contribution >= 4 is 40.2 Å². The van der Waals surface area contributed by atoms with E-state index >= 15 is 0 Å². The summed E-state index contributed by atoms with van der Waals surface area (Å²) in [5.74, 6) is -0.288. The fourth-order valence-electron chi connectivity index (χ4n) is 2.08. The molecule has 1 aromatic heterocycles. The highest BCUT2D eigenvalue weighted by molar-refractivity contribution is 7.99. The Kier molecular flexibility index (Phi) is 5.86. The van der Waals surface area contributed by atoms with Gasteiger partial charge in [-0.15, -0.1) is 11.8 Å². The maximum atomic E-state index is 12.2. The van der Waals surface area contributed by atoms with Crippen LogP contribution in [0.15, 0.2) is 23.1 Å². The minimum Gasteiger partial charge on any atom is -0.461 e. The van der Waals surface area contributed by atoms with Crippen LogP contribution in [0.4, 0.5) is 13.2 Å².